The van der Waals surface area contributed by atoms with Crippen LogP contribution in [-0.2, 0) is 20.8 Å². The van der Waals surface area contributed by atoms with Crippen LogP contribution in [0.2, 0.25) is 0 Å². The molecule has 7 nitrogen and oxygen atoms in total. The number of methoxy groups -OCH3 is 1. The van der Waals surface area contributed by atoms with Crippen LogP contribution in [-0.4, -0.2) is 51.9 Å². The molecule has 0 saturated carbocycles. The third kappa shape index (κ3) is 4.28. The van der Waals surface area contributed by atoms with E-state index >= 15 is 0 Å². The zero-order chi connectivity index (χ0) is 20.2. The van der Waals surface area contributed by atoms with Crippen LogP contribution in [0.4, 0.5) is 0 Å². The number of esters is 1. The van der Waals surface area contributed by atoms with Gasteiger partial charge >= 0.3 is 5.97 Å². The number of nitrogens with one attached hydrogen (secondary N) is 1. The summed E-state index contributed by atoms with van der Waals surface area (Å²) in [5.74, 6) is -0.248. The average Bonchev–Trinajstić information content (AvgIpc) is 3.48. The van der Waals surface area contributed by atoms with Gasteiger partial charge in [0.1, 0.15) is 0 Å². The van der Waals surface area contributed by atoms with Gasteiger partial charge in [-0.25, -0.2) is 0 Å². The van der Waals surface area contributed by atoms with E-state index in [1.165, 1.54) is 7.11 Å². The summed E-state index contributed by atoms with van der Waals surface area (Å²) in [7, 11) is 1.41. The lowest BCUT2D eigenvalue weighted by Crippen LogP contribution is -2.33. The first-order chi connectivity index (χ1) is 14.2. The van der Waals surface area contributed by atoms with Gasteiger partial charge in [0.05, 0.1) is 37.4 Å². The fourth-order valence-corrected chi connectivity index (χ4v) is 4.48. The lowest BCUT2D eigenvalue weighted by Gasteiger charge is -2.29. The summed E-state index contributed by atoms with van der Waals surface area (Å²) in [6.07, 6.45) is 6.58. The number of thiocarbonyl (C=S) groups is 1. The van der Waals surface area contributed by atoms with Crippen LogP contribution in [0, 0.1) is 0 Å². The van der Waals surface area contributed by atoms with E-state index in [1.807, 2.05) is 18.2 Å². The minimum atomic E-state index is -0.248. The number of aromatic nitrogens is 2. The zero-order valence-corrected chi connectivity index (χ0v) is 17.3. The van der Waals surface area contributed by atoms with Crippen LogP contribution in [0.15, 0.2) is 42.7 Å². The number of ether oxygens (including phenoxy) is 2. The second kappa shape index (κ2) is 8.92. The molecule has 4 heterocycles. The highest BCUT2D eigenvalue weighted by molar-refractivity contribution is 7.80. The standard InChI is InChI=1S/C21H26N4O3S/c1-27-18(26)9-12-25-20(19(23-21(25)29)16-7-2-3-10-22-16)17-8-4-11-24(17)14-15-6-5-13-28-15/h2-4,7-8,10-11,15,19-20H,5-6,9,12-14H2,1H3,(H,23,29)/t15-,19-,20-/m0/s1. The Morgan fingerprint density at radius 1 is 1.38 bits per heavy atom. The third-order valence-corrected chi connectivity index (χ3v) is 5.93. The molecule has 0 bridgehead atoms. The molecule has 2 fully saturated rings. The van der Waals surface area contributed by atoms with Crippen molar-refractivity contribution < 1.29 is 14.3 Å². The molecule has 0 aromatic carbocycles. The second-order valence-electron chi connectivity index (χ2n) is 7.37. The highest BCUT2D eigenvalue weighted by Gasteiger charge is 2.41. The summed E-state index contributed by atoms with van der Waals surface area (Å²) in [5.41, 5.74) is 2.05. The molecule has 0 amide bonds. The predicted octanol–water partition coefficient (Wildman–Crippen LogP) is 2.60. The Kier molecular flexibility index (Phi) is 6.10. The lowest BCUT2D eigenvalue weighted by molar-refractivity contribution is -0.140. The molecule has 0 spiro atoms. The monoisotopic (exact) mass is 414 g/mol. The van der Waals surface area contributed by atoms with E-state index < -0.39 is 0 Å². The van der Waals surface area contributed by atoms with Crippen LogP contribution in [0.3, 0.4) is 0 Å². The fraction of sp³-hybridized carbons (Fsp3) is 0.476. The molecule has 2 aliphatic heterocycles. The van der Waals surface area contributed by atoms with Gasteiger partial charge in [-0.2, -0.15) is 0 Å². The number of rotatable bonds is 7. The maximum atomic E-state index is 11.8. The number of carbonyl (C=O) groups is 1. The third-order valence-electron chi connectivity index (χ3n) is 5.57. The van der Waals surface area contributed by atoms with Gasteiger partial charge in [0, 0.05) is 37.8 Å². The molecule has 2 saturated heterocycles. The van der Waals surface area contributed by atoms with E-state index in [4.69, 9.17) is 21.7 Å². The van der Waals surface area contributed by atoms with E-state index in [0.29, 0.717) is 11.7 Å². The molecule has 0 radical (unpaired) electrons. The van der Waals surface area contributed by atoms with Gasteiger partial charge in [-0.05, 0) is 49.3 Å². The van der Waals surface area contributed by atoms with Crippen molar-refractivity contribution in [3.63, 3.8) is 0 Å². The van der Waals surface area contributed by atoms with Crippen LogP contribution in [0.5, 0.6) is 0 Å². The molecule has 2 aromatic rings. The fourth-order valence-electron chi connectivity index (χ4n) is 4.15. The lowest BCUT2D eigenvalue weighted by atomic mass is 10.0. The largest absolute Gasteiger partial charge is 0.469 e. The quantitative estimate of drug-likeness (QED) is 0.552. The number of carbonyl (C=O) groups excluding carboxylic acids is 1. The molecule has 8 heteroatoms. The minimum Gasteiger partial charge on any atom is -0.469 e. The van der Waals surface area contributed by atoms with Crippen molar-refractivity contribution >= 4 is 23.3 Å². The predicted molar refractivity (Wildman–Crippen MR) is 112 cm³/mol. The Bertz CT molecular complexity index is 851. The van der Waals surface area contributed by atoms with E-state index in [1.54, 1.807) is 6.20 Å². The van der Waals surface area contributed by atoms with Gasteiger partial charge in [0.15, 0.2) is 5.11 Å². The molecular formula is C21H26N4O3S. The van der Waals surface area contributed by atoms with Crippen molar-refractivity contribution in [2.24, 2.45) is 0 Å². The van der Waals surface area contributed by atoms with Crippen LogP contribution in [0.1, 0.15) is 42.7 Å². The Hall–Kier alpha value is -2.45. The van der Waals surface area contributed by atoms with Gasteiger partial charge in [-0.15, -0.1) is 0 Å². The molecular weight excluding hydrogens is 388 g/mol. The highest BCUT2D eigenvalue weighted by Crippen LogP contribution is 2.39. The summed E-state index contributed by atoms with van der Waals surface area (Å²) in [6.45, 7) is 2.13. The Morgan fingerprint density at radius 3 is 3.00 bits per heavy atom. The molecule has 3 atom stereocenters. The van der Waals surface area contributed by atoms with Gasteiger partial charge in [0.25, 0.3) is 0 Å². The van der Waals surface area contributed by atoms with Crippen molar-refractivity contribution in [1.82, 2.24) is 19.8 Å². The summed E-state index contributed by atoms with van der Waals surface area (Å²) in [6, 6.07) is 9.89. The molecule has 2 aliphatic rings. The normalized spacial score (nSPS) is 24.0. The first kappa shape index (κ1) is 19.8. The Labute approximate surface area is 176 Å². The molecule has 0 aliphatic carbocycles. The van der Waals surface area contributed by atoms with E-state index in [2.05, 4.69) is 38.1 Å². The first-order valence-corrected chi connectivity index (χ1v) is 10.4. The van der Waals surface area contributed by atoms with Crippen molar-refractivity contribution in [3.05, 3.63) is 54.1 Å². The second-order valence-corrected chi connectivity index (χ2v) is 7.75. The molecule has 0 unspecified atom stereocenters. The summed E-state index contributed by atoms with van der Waals surface area (Å²) >= 11 is 5.64. The summed E-state index contributed by atoms with van der Waals surface area (Å²) in [4.78, 5) is 18.4. The van der Waals surface area contributed by atoms with Gasteiger partial charge in [-0.1, -0.05) is 6.07 Å². The van der Waals surface area contributed by atoms with Crippen molar-refractivity contribution in [2.75, 3.05) is 20.3 Å². The highest BCUT2D eigenvalue weighted by atomic mass is 32.1. The Morgan fingerprint density at radius 2 is 2.28 bits per heavy atom. The molecule has 2 aromatic heterocycles. The molecule has 4 rings (SSSR count). The molecule has 154 valence electrons. The van der Waals surface area contributed by atoms with Crippen LogP contribution in [0.25, 0.3) is 0 Å². The van der Waals surface area contributed by atoms with Gasteiger partial charge < -0.3 is 24.3 Å². The minimum absolute atomic E-state index is 0.0709. The van der Waals surface area contributed by atoms with Gasteiger partial charge in [-0.3, -0.25) is 9.78 Å². The topological polar surface area (TPSA) is 68.6 Å². The molecule has 29 heavy (non-hydrogen) atoms. The maximum Gasteiger partial charge on any atom is 0.307 e. The smallest absolute Gasteiger partial charge is 0.307 e. The van der Waals surface area contributed by atoms with Crippen molar-refractivity contribution in [2.45, 2.75) is 44.0 Å². The molecule has 1 N–H and O–H groups in total. The van der Waals surface area contributed by atoms with Crippen LogP contribution < -0.4 is 5.32 Å². The van der Waals surface area contributed by atoms with E-state index in [9.17, 15) is 4.79 Å². The number of hydrogen-bond donors (Lipinski definition) is 1. The Balaban J connectivity index is 1.65. The van der Waals surface area contributed by atoms with E-state index in [-0.39, 0.29) is 30.6 Å². The summed E-state index contributed by atoms with van der Waals surface area (Å²) in [5, 5.41) is 4.04. The maximum absolute atomic E-state index is 11.8. The van der Waals surface area contributed by atoms with Gasteiger partial charge in [0.2, 0.25) is 0 Å². The SMILES string of the molecule is COC(=O)CCN1C(=S)N[C@@H](c2ccccn2)[C@@H]1c1cccn1C[C@@H]1CCCO1. The first-order valence-electron chi connectivity index (χ1n) is 9.99. The van der Waals surface area contributed by atoms with Crippen LogP contribution >= 0.6 is 12.2 Å². The summed E-state index contributed by atoms with van der Waals surface area (Å²) < 4.78 is 12.9. The number of nitrogens with zero attached hydrogens (tertiary/aromatic N) is 3. The number of hydrogen-bond acceptors (Lipinski definition) is 5. The van der Waals surface area contributed by atoms with Crippen molar-refractivity contribution in [1.29, 1.82) is 0 Å². The van der Waals surface area contributed by atoms with Crippen molar-refractivity contribution in [3.8, 4) is 0 Å². The zero-order valence-electron chi connectivity index (χ0n) is 16.5. The average molecular weight is 415 g/mol. The number of pyridine rings is 1. The van der Waals surface area contributed by atoms with E-state index in [0.717, 1.165) is 37.4 Å².